The van der Waals surface area contributed by atoms with Gasteiger partial charge in [0.1, 0.15) is 6.33 Å². The Kier molecular flexibility index (Phi) is 4.69. The van der Waals surface area contributed by atoms with Crippen molar-refractivity contribution in [3.05, 3.63) is 6.33 Å². The summed E-state index contributed by atoms with van der Waals surface area (Å²) in [6.45, 7) is 1.61. The molecule has 1 N–H and O–H groups in total. The number of carbonyl (C=O) groups is 1. The number of hydrogen-bond donors (Lipinski definition) is 1. The van der Waals surface area contributed by atoms with Crippen LogP contribution in [0.2, 0.25) is 0 Å². The molecule has 0 bridgehead atoms. The summed E-state index contributed by atoms with van der Waals surface area (Å²) >= 11 is 0. The molecule has 2 aliphatic heterocycles. The normalized spacial score (nSPS) is 28.4. The highest BCUT2D eigenvalue weighted by molar-refractivity contribution is 5.87. The summed E-state index contributed by atoms with van der Waals surface area (Å²) in [5.41, 5.74) is 0. The van der Waals surface area contributed by atoms with Crippen molar-refractivity contribution in [3.63, 3.8) is 0 Å². The van der Waals surface area contributed by atoms with Crippen molar-refractivity contribution in [2.45, 2.75) is 76.0 Å². The van der Waals surface area contributed by atoms with Crippen molar-refractivity contribution in [1.29, 1.82) is 0 Å². The van der Waals surface area contributed by atoms with E-state index in [9.17, 15) is 4.79 Å². The van der Waals surface area contributed by atoms with Gasteiger partial charge in [-0.15, -0.1) is 5.10 Å². The fourth-order valence-electron chi connectivity index (χ4n) is 4.36. The minimum absolute atomic E-state index is 0.0885. The van der Waals surface area contributed by atoms with E-state index in [4.69, 9.17) is 4.74 Å². The molecular weight excluding hydrogens is 306 g/mol. The van der Waals surface area contributed by atoms with E-state index >= 15 is 0 Å². The predicted molar refractivity (Wildman–Crippen MR) is 89.9 cm³/mol. The Hall–Kier alpha value is -1.63. The molecule has 3 heterocycles. The Labute approximate surface area is 142 Å². The average Bonchev–Trinajstić information content (AvgIpc) is 3.36. The van der Waals surface area contributed by atoms with Crippen LogP contribution in [0.4, 0.5) is 10.7 Å². The standard InChI is InChI=1S/C17H27N5O2/c23-17(21-10-4-8-14(21)15-9-5-11-24-15)19-16-18-12-22(20-16)13-6-2-1-3-7-13/h12-15H,1-11H2,(H,19,20,23)/t14-,15+/m1/s1. The van der Waals surface area contributed by atoms with E-state index in [1.54, 1.807) is 6.33 Å². The lowest BCUT2D eigenvalue weighted by atomic mass is 9.96. The van der Waals surface area contributed by atoms with Gasteiger partial charge < -0.3 is 9.64 Å². The molecule has 0 aromatic carbocycles. The number of ether oxygens (including phenoxy) is 1. The van der Waals surface area contributed by atoms with Gasteiger partial charge >= 0.3 is 6.03 Å². The zero-order chi connectivity index (χ0) is 16.4. The number of anilines is 1. The predicted octanol–water partition coefficient (Wildman–Crippen LogP) is 2.96. The first kappa shape index (κ1) is 15.9. The van der Waals surface area contributed by atoms with Gasteiger partial charge in [0.25, 0.3) is 0 Å². The molecule has 1 aromatic heterocycles. The topological polar surface area (TPSA) is 72.3 Å². The highest BCUT2D eigenvalue weighted by Crippen LogP contribution is 2.29. The van der Waals surface area contributed by atoms with Crippen molar-refractivity contribution in [3.8, 4) is 0 Å². The van der Waals surface area contributed by atoms with Crippen LogP contribution in [-0.2, 0) is 4.74 Å². The van der Waals surface area contributed by atoms with Gasteiger partial charge in [-0.2, -0.15) is 0 Å². The average molecular weight is 333 g/mol. The van der Waals surface area contributed by atoms with Gasteiger partial charge in [-0.3, -0.25) is 5.32 Å². The molecule has 4 rings (SSSR count). The highest BCUT2D eigenvalue weighted by Gasteiger charge is 2.37. The third-order valence-corrected chi connectivity index (χ3v) is 5.63. The van der Waals surface area contributed by atoms with Crippen molar-refractivity contribution < 1.29 is 9.53 Å². The highest BCUT2D eigenvalue weighted by atomic mass is 16.5. The minimum Gasteiger partial charge on any atom is -0.376 e. The van der Waals surface area contributed by atoms with Gasteiger partial charge in [0, 0.05) is 13.2 Å². The summed E-state index contributed by atoms with van der Waals surface area (Å²) in [4.78, 5) is 18.8. The SMILES string of the molecule is O=C(Nc1ncn(C2CCCCC2)n1)N1CCC[C@@H]1[C@@H]1CCCO1. The molecule has 1 aromatic rings. The van der Waals surface area contributed by atoms with E-state index in [1.165, 1.54) is 19.3 Å². The van der Waals surface area contributed by atoms with Gasteiger partial charge in [-0.05, 0) is 38.5 Å². The molecule has 0 radical (unpaired) electrons. The molecule has 1 aliphatic carbocycles. The van der Waals surface area contributed by atoms with Crippen molar-refractivity contribution >= 4 is 12.0 Å². The second-order valence-electron chi connectivity index (χ2n) is 7.22. The maximum atomic E-state index is 12.6. The lowest BCUT2D eigenvalue weighted by Gasteiger charge is -2.28. The molecule has 2 saturated heterocycles. The molecule has 0 spiro atoms. The quantitative estimate of drug-likeness (QED) is 0.923. The number of nitrogens with zero attached hydrogens (tertiary/aromatic N) is 4. The van der Waals surface area contributed by atoms with Crippen LogP contribution in [0, 0.1) is 0 Å². The van der Waals surface area contributed by atoms with E-state index in [0.29, 0.717) is 12.0 Å². The molecular formula is C17H27N5O2. The van der Waals surface area contributed by atoms with Gasteiger partial charge in [0.15, 0.2) is 0 Å². The molecule has 2 amide bonds. The molecule has 2 atom stereocenters. The summed E-state index contributed by atoms with van der Waals surface area (Å²) in [6, 6.07) is 0.547. The van der Waals surface area contributed by atoms with Crippen LogP contribution >= 0.6 is 0 Å². The zero-order valence-electron chi connectivity index (χ0n) is 14.2. The van der Waals surface area contributed by atoms with E-state index in [-0.39, 0.29) is 18.2 Å². The van der Waals surface area contributed by atoms with Crippen LogP contribution in [0.15, 0.2) is 6.33 Å². The third kappa shape index (κ3) is 3.27. The molecule has 1 saturated carbocycles. The Morgan fingerprint density at radius 1 is 1.12 bits per heavy atom. The molecule has 3 aliphatic rings. The number of amides is 2. The lowest BCUT2D eigenvalue weighted by Crippen LogP contribution is -2.44. The number of rotatable bonds is 3. The van der Waals surface area contributed by atoms with Crippen LogP contribution in [0.25, 0.3) is 0 Å². The van der Waals surface area contributed by atoms with Crippen LogP contribution in [-0.4, -0.2) is 51.0 Å². The number of hydrogen-bond acceptors (Lipinski definition) is 4. The summed E-state index contributed by atoms with van der Waals surface area (Å²) in [5.74, 6) is 0.420. The number of likely N-dealkylation sites (tertiary alicyclic amines) is 1. The zero-order valence-corrected chi connectivity index (χ0v) is 14.2. The fourth-order valence-corrected chi connectivity index (χ4v) is 4.36. The number of carbonyl (C=O) groups excluding carboxylic acids is 1. The summed E-state index contributed by atoms with van der Waals surface area (Å²) in [7, 11) is 0. The minimum atomic E-state index is -0.0885. The smallest absolute Gasteiger partial charge is 0.324 e. The van der Waals surface area contributed by atoms with E-state index < -0.39 is 0 Å². The van der Waals surface area contributed by atoms with Gasteiger partial charge in [-0.1, -0.05) is 19.3 Å². The van der Waals surface area contributed by atoms with Crippen LogP contribution in [0.3, 0.4) is 0 Å². The maximum Gasteiger partial charge on any atom is 0.324 e. The van der Waals surface area contributed by atoms with E-state index in [1.807, 2.05) is 9.58 Å². The van der Waals surface area contributed by atoms with Crippen molar-refractivity contribution in [2.75, 3.05) is 18.5 Å². The Bertz CT molecular complexity index is 563. The van der Waals surface area contributed by atoms with Crippen molar-refractivity contribution in [2.24, 2.45) is 0 Å². The first-order valence-electron chi connectivity index (χ1n) is 9.41. The van der Waals surface area contributed by atoms with Gasteiger partial charge in [-0.25, -0.2) is 14.5 Å². The monoisotopic (exact) mass is 333 g/mol. The summed E-state index contributed by atoms with van der Waals surface area (Å²) < 4.78 is 7.72. The van der Waals surface area contributed by atoms with Crippen LogP contribution in [0.1, 0.15) is 63.8 Å². The van der Waals surface area contributed by atoms with Crippen LogP contribution < -0.4 is 5.32 Å². The second-order valence-corrected chi connectivity index (χ2v) is 7.22. The third-order valence-electron chi connectivity index (χ3n) is 5.63. The number of aromatic nitrogens is 3. The molecule has 7 nitrogen and oxygen atoms in total. The molecule has 24 heavy (non-hydrogen) atoms. The summed E-state index contributed by atoms with van der Waals surface area (Å²) in [5, 5.41) is 7.37. The largest absolute Gasteiger partial charge is 0.376 e. The van der Waals surface area contributed by atoms with E-state index in [0.717, 1.165) is 51.7 Å². The molecule has 3 fully saturated rings. The molecule has 132 valence electrons. The van der Waals surface area contributed by atoms with E-state index in [2.05, 4.69) is 15.4 Å². The maximum absolute atomic E-state index is 12.6. The number of urea groups is 1. The second kappa shape index (κ2) is 7.09. The molecule has 7 heteroatoms. The molecule has 0 unspecified atom stereocenters. The number of nitrogens with one attached hydrogen (secondary N) is 1. The first-order valence-corrected chi connectivity index (χ1v) is 9.41. The van der Waals surface area contributed by atoms with Gasteiger partial charge in [0.05, 0.1) is 18.2 Å². The van der Waals surface area contributed by atoms with Gasteiger partial charge in [0.2, 0.25) is 5.95 Å². The van der Waals surface area contributed by atoms with Crippen molar-refractivity contribution in [1.82, 2.24) is 19.7 Å². The Morgan fingerprint density at radius 3 is 2.79 bits per heavy atom. The Balaban J connectivity index is 1.37. The Morgan fingerprint density at radius 2 is 2.00 bits per heavy atom. The first-order chi connectivity index (χ1) is 11.8. The summed E-state index contributed by atoms with van der Waals surface area (Å²) in [6.07, 6.45) is 12.3. The van der Waals surface area contributed by atoms with Crippen LogP contribution in [0.5, 0.6) is 0 Å². The lowest BCUT2D eigenvalue weighted by molar-refractivity contribution is 0.0542. The fraction of sp³-hybridized carbons (Fsp3) is 0.824.